The van der Waals surface area contributed by atoms with E-state index in [2.05, 4.69) is 38.4 Å². The molecule has 0 heterocycles. The molecule has 0 aliphatic carbocycles. The van der Waals surface area contributed by atoms with Crippen LogP contribution in [0.5, 0.6) is 11.5 Å². The van der Waals surface area contributed by atoms with Crippen molar-refractivity contribution in [1.29, 1.82) is 0 Å². The highest BCUT2D eigenvalue weighted by molar-refractivity contribution is 14.1. The number of rotatable bonds is 11. The van der Waals surface area contributed by atoms with Crippen molar-refractivity contribution < 1.29 is 19.1 Å². The molecule has 2 rings (SSSR count). The number of ether oxygens (including phenoxy) is 2. The first kappa shape index (κ1) is 24.9. The number of hydrogen-bond donors (Lipinski definition) is 2. The van der Waals surface area contributed by atoms with Gasteiger partial charge in [-0.3, -0.25) is 9.59 Å². The van der Waals surface area contributed by atoms with Gasteiger partial charge in [-0.25, -0.2) is 5.43 Å². The summed E-state index contributed by atoms with van der Waals surface area (Å²) in [6.45, 7) is 5.05. The zero-order chi connectivity index (χ0) is 22.6. The van der Waals surface area contributed by atoms with Crippen LogP contribution in [0.4, 0.5) is 5.69 Å². The molecule has 0 spiro atoms. The maximum absolute atomic E-state index is 12.0. The summed E-state index contributed by atoms with van der Waals surface area (Å²) in [5.74, 6) is 0.699. The van der Waals surface area contributed by atoms with Crippen molar-refractivity contribution in [3.63, 3.8) is 0 Å². The number of hydrogen-bond acceptors (Lipinski definition) is 5. The highest BCUT2D eigenvalue weighted by Crippen LogP contribution is 2.34. The Kier molecular flexibility index (Phi) is 10.6. The fourth-order valence-corrected chi connectivity index (χ4v) is 3.49. The smallest absolute Gasteiger partial charge is 0.240 e. The summed E-state index contributed by atoms with van der Waals surface area (Å²) in [7, 11) is 0. The SMILES string of the molecule is CCCOc1c(I)cc(C=NNC(=O)CCC(=O)Nc2cccc(Cl)c2)cc1OCC. The van der Waals surface area contributed by atoms with E-state index in [9.17, 15) is 9.59 Å². The molecule has 0 fully saturated rings. The van der Waals surface area contributed by atoms with Crippen molar-refractivity contribution in [2.75, 3.05) is 18.5 Å². The van der Waals surface area contributed by atoms with Crippen molar-refractivity contribution in [3.8, 4) is 11.5 Å². The summed E-state index contributed by atoms with van der Waals surface area (Å²) in [6, 6.07) is 10.5. The molecule has 7 nitrogen and oxygen atoms in total. The number of anilines is 1. The van der Waals surface area contributed by atoms with Crippen LogP contribution in [0.25, 0.3) is 0 Å². The van der Waals surface area contributed by atoms with E-state index in [1.165, 1.54) is 6.21 Å². The van der Waals surface area contributed by atoms with Crippen LogP contribution in [-0.4, -0.2) is 31.2 Å². The lowest BCUT2D eigenvalue weighted by molar-refractivity contribution is -0.124. The van der Waals surface area contributed by atoms with Gasteiger partial charge in [-0.1, -0.05) is 24.6 Å². The lowest BCUT2D eigenvalue weighted by atomic mass is 10.2. The van der Waals surface area contributed by atoms with Crippen LogP contribution in [-0.2, 0) is 9.59 Å². The lowest BCUT2D eigenvalue weighted by Gasteiger charge is -2.14. The van der Waals surface area contributed by atoms with Gasteiger partial charge in [0.1, 0.15) is 0 Å². The van der Waals surface area contributed by atoms with Crippen LogP contribution in [0, 0.1) is 3.57 Å². The van der Waals surface area contributed by atoms with Crippen molar-refractivity contribution >= 4 is 57.9 Å². The molecule has 0 aromatic heterocycles. The van der Waals surface area contributed by atoms with Gasteiger partial charge in [-0.15, -0.1) is 0 Å². The Morgan fingerprint density at radius 1 is 1.13 bits per heavy atom. The number of benzene rings is 2. The van der Waals surface area contributed by atoms with Gasteiger partial charge in [-0.05, 0) is 71.8 Å². The second-order valence-electron chi connectivity index (χ2n) is 6.46. The average molecular weight is 558 g/mol. The second-order valence-corrected chi connectivity index (χ2v) is 8.06. The molecule has 9 heteroatoms. The zero-order valence-electron chi connectivity index (χ0n) is 17.4. The fraction of sp³-hybridized carbons (Fsp3) is 0.318. The van der Waals surface area contributed by atoms with E-state index >= 15 is 0 Å². The molecule has 0 bridgehead atoms. The molecule has 0 unspecified atom stereocenters. The van der Waals surface area contributed by atoms with Gasteiger partial charge in [0.05, 0.1) is 23.0 Å². The fourth-order valence-electron chi connectivity index (χ4n) is 2.52. The van der Waals surface area contributed by atoms with Crippen molar-refractivity contribution in [2.45, 2.75) is 33.1 Å². The molecule has 0 saturated heterocycles. The van der Waals surface area contributed by atoms with E-state index in [0.717, 1.165) is 15.6 Å². The largest absolute Gasteiger partial charge is 0.490 e. The minimum atomic E-state index is -0.361. The average Bonchev–Trinajstić information content (AvgIpc) is 2.72. The number of carbonyl (C=O) groups is 2. The third kappa shape index (κ3) is 8.74. The maximum atomic E-state index is 12.0. The van der Waals surface area contributed by atoms with Gasteiger partial charge in [0.2, 0.25) is 11.8 Å². The van der Waals surface area contributed by atoms with Crippen LogP contribution < -0.4 is 20.2 Å². The van der Waals surface area contributed by atoms with Crippen LogP contribution in [0.2, 0.25) is 5.02 Å². The van der Waals surface area contributed by atoms with Crippen LogP contribution in [0.3, 0.4) is 0 Å². The highest BCUT2D eigenvalue weighted by atomic mass is 127. The molecule has 0 atom stereocenters. The van der Waals surface area contributed by atoms with Crippen molar-refractivity contribution in [1.82, 2.24) is 5.43 Å². The zero-order valence-corrected chi connectivity index (χ0v) is 20.3. The van der Waals surface area contributed by atoms with Gasteiger partial charge in [0.15, 0.2) is 11.5 Å². The number of hydrazone groups is 1. The van der Waals surface area contributed by atoms with Crippen molar-refractivity contribution in [2.24, 2.45) is 5.10 Å². The number of amides is 2. The molecule has 0 aliphatic heterocycles. The lowest BCUT2D eigenvalue weighted by Crippen LogP contribution is -2.20. The monoisotopic (exact) mass is 557 g/mol. The Balaban J connectivity index is 1.88. The Bertz CT molecular complexity index is 937. The van der Waals surface area contributed by atoms with Gasteiger partial charge in [0, 0.05) is 23.6 Å². The molecule has 0 aliphatic rings. The summed E-state index contributed by atoms with van der Waals surface area (Å²) in [4.78, 5) is 23.9. The molecule has 2 aromatic rings. The molecule has 31 heavy (non-hydrogen) atoms. The summed E-state index contributed by atoms with van der Waals surface area (Å²) in [5.41, 5.74) is 3.78. The van der Waals surface area contributed by atoms with Gasteiger partial charge in [-0.2, -0.15) is 5.10 Å². The van der Waals surface area contributed by atoms with E-state index in [0.29, 0.717) is 35.4 Å². The Hall–Kier alpha value is -2.33. The van der Waals surface area contributed by atoms with Crippen molar-refractivity contribution in [3.05, 3.63) is 50.6 Å². The predicted octanol–water partition coefficient (Wildman–Crippen LogP) is 5.00. The minimum absolute atomic E-state index is 0.00919. The molecule has 166 valence electrons. The molecule has 0 saturated carbocycles. The van der Waals surface area contributed by atoms with E-state index < -0.39 is 0 Å². The van der Waals surface area contributed by atoms with E-state index in [1.54, 1.807) is 24.3 Å². The standard InChI is InChI=1S/C22H25ClIN3O4/c1-3-10-31-22-18(24)11-15(12-19(22)30-4-2)14-25-27-21(29)9-8-20(28)26-17-7-5-6-16(23)13-17/h5-7,11-14H,3-4,8-10H2,1-2H3,(H,26,28)(H,27,29). The maximum Gasteiger partial charge on any atom is 0.240 e. The molecular formula is C22H25ClIN3O4. The van der Waals surface area contributed by atoms with Crippen LogP contribution in [0.1, 0.15) is 38.7 Å². The van der Waals surface area contributed by atoms with Gasteiger partial charge < -0.3 is 14.8 Å². The highest BCUT2D eigenvalue weighted by Gasteiger charge is 2.12. The van der Waals surface area contributed by atoms with E-state index in [4.69, 9.17) is 21.1 Å². The van der Waals surface area contributed by atoms with E-state index in [-0.39, 0.29) is 24.7 Å². The van der Waals surface area contributed by atoms with Gasteiger partial charge >= 0.3 is 0 Å². The first-order valence-corrected chi connectivity index (χ1v) is 11.3. The van der Waals surface area contributed by atoms with Crippen LogP contribution in [0.15, 0.2) is 41.5 Å². The topological polar surface area (TPSA) is 89.0 Å². The third-order valence-corrected chi connectivity index (χ3v) is 4.91. The Morgan fingerprint density at radius 2 is 1.90 bits per heavy atom. The minimum Gasteiger partial charge on any atom is -0.490 e. The quantitative estimate of drug-likeness (QED) is 0.231. The molecular weight excluding hydrogens is 533 g/mol. The molecule has 0 radical (unpaired) electrons. The number of carbonyl (C=O) groups excluding carboxylic acids is 2. The molecule has 2 amide bonds. The van der Waals surface area contributed by atoms with E-state index in [1.807, 2.05) is 26.0 Å². The number of halogens is 2. The first-order valence-electron chi connectivity index (χ1n) is 9.89. The molecule has 2 N–H and O–H groups in total. The first-order chi connectivity index (χ1) is 14.9. The molecule has 2 aromatic carbocycles. The second kappa shape index (κ2) is 13.2. The normalized spacial score (nSPS) is 10.7. The third-order valence-electron chi connectivity index (χ3n) is 3.87. The summed E-state index contributed by atoms with van der Waals surface area (Å²) in [6.07, 6.45) is 2.46. The van der Waals surface area contributed by atoms with Gasteiger partial charge in [0.25, 0.3) is 0 Å². The summed E-state index contributed by atoms with van der Waals surface area (Å²) in [5, 5.41) is 7.20. The number of nitrogens with zero attached hydrogens (tertiary/aromatic N) is 1. The Labute approximate surface area is 200 Å². The Morgan fingerprint density at radius 3 is 2.61 bits per heavy atom. The summed E-state index contributed by atoms with van der Waals surface area (Å²) < 4.78 is 12.3. The number of nitrogens with one attached hydrogen (secondary N) is 2. The van der Waals surface area contributed by atoms with Crippen LogP contribution >= 0.6 is 34.2 Å². The summed E-state index contributed by atoms with van der Waals surface area (Å²) >= 11 is 8.07. The predicted molar refractivity (Wildman–Crippen MR) is 131 cm³/mol.